The van der Waals surface area contributed by atoms with Crippen LogP contribution in [0.1, 0.15) is 15.9 Å². The lowest BCUT2D eigenvalue weighted by atomic mass is 9.49. The Kier molecular flexibility index (Phi) is 5.12. The number of hydrogen-bond donors (Lipinski definition) is 5. The number of rotatable bonds is 2. The average Bonchev–Trinajstić information content (AvgIpc) is 2.72. The number of fused-ring (bicyclic) bond motifs is 3. The number of nitrogens with two attached hydrogens (primary N) is 1. The molecule has 0 saturated heterocycles. The Morgan fingerprint density at radius 1 is 1.18 bits per heavy atom. The molecule has 176 valence electrons. The summed E-state index contributed by atoms with van der Waals surface area (Å²) in [5, 5.41) is 44.1. The fourth-order valence-electron chi connectivity index (χ4n) is 5.80. The molecule has 3 aliphatic rings. The third-order valence-electron chi connectivity index (χ3n) is 7.24. The van der Waals surface area contributed by atoms with Crippen molar-refractivity contribution in [1.29, 1.82) is 0 Å². The van der Waals surface area contributed by atoms with Crippen molar-refractivity contribution in [2.75, 3.05) is 14.1 Å². The number of amides is 1. The van der Waals surface area contributed by atoms with Crippen molar-refractivity contribution in [3.05, 3.63) is 35.9 Å². The van der Waals surface area contributed by atoms with Gasteiger partial charge >= 0.3 is 0 Å². The first-order valence-corrected chi connectivity index (χ1v) is 10.5. The summed E-state index contributed by atoms with van der Waals surface area (Å²) in [5.74, 6) is -11.0. The van der Waals surface area contributed by atoms with E-state index in [4.69, 9.17) is 17.3 Å². The smallest absolute Gasteiger partial charge is 0.230 e. The summed E-state index contributed by atoms with van der Waals surface area (Å²) in [7, 11) is 2.91. The Balaban J connectivity index is 2.02. The molecule has 11 heteroatoms. The molecule has 2 fully saturated rings. The number of hydrogen-bond acceptors (Lipinski definition) is 9. The van der Waals surface area contributed by atoms with Crippen molar-refractivity contribution in [3.63, 3.8) is 0 Å². The van der Waals surface area contributed by atoms with Crippen LogP contribution in [0.4, 0.5) is 0 Å². The summed E-state index contributed by atoms with van der Waals surface area (Å²) in [5.41, 5.74) is 2.03. The van der Waals surface area contributed by atoms with E-state index >= 15 is 0 Å². The standard InChI is InChI=1S/C22H23ClN2O8/c1-7-8-5-4-6-9(26)10(8)17(29)21(23)12(7)16(28)13-14(25(2)3)15(27)11(19(24)31)18(30)22(13,33)20(21)32/h4-6,11-16,26-28,33H,1H2,2-3H3,(H2,24,31)/t11?,12-,13+,14-,15?,16-,21?,22+/m0/s1. The lowest BCUT2D eigenvalue weighted by Crippen LogP contribution is -2.81. The first-order valence-electron chi connectivity index (χ1n) is 10.1. The highest BCUT2D eigenvalue weighted by atomic mass is 35.5. The molecule has 1 aromatic carbocycles. The van der Waals surface area contributed by atoms with Gasteiger partial charge in [-0.2, -0.15) is 0 Å². The number of Topliss-reactive ketones (excluding diaryl/α,β-unsaturated/α-hetero) is 3. The van der Waals surface area contributed by atoms with Gasteiger partial charge in [-0.25, -0.2) is 0 Å². The molecule has 10 nitrogen and oxygen atoms in total. The lowest BCUT2D eigenvalue weighted by molar-refractivity contribution is -0.203. The predicted molar refractivity (Wildman–Crippen MR) is 114 cm³/mol. The number of halogens is 1. The van der Waals surface area contributed by atoms with Crippen LogP contribution < -0.4 is 5.73 Å². The maximum absolute atomic E-state index is 13.8. The molecule has 0 radical (unpaired) electrons. The lowest BCUT2D eigenvalue weighted by Gasteiger charge is -2.59. The maximum Gasteiger partial charge on any atom is 0.230 e. The Hall–Kier alpha value is -2.63. The monoisotopic (exact) mass is 478 g/mol. The predicted octanol–water partition coefficient (Wildman–Crippen LogP) is -1.54. The highest BCUT2D eigenvalue weighted by Gasteiger charge is 2.77. The van der Waals surface area contributed by atoms with E-state index in [1.54, 1.807) is 0 Å². The molecular weight excluding hydrogens is 456 g/mol. The SMILES string of the molecule is C=C1c2cccc(O)c2C(=O)C2(Cl)C(=O)[C@]3(O)C(=O)C(C(N)=O)C(O)[C@@H](N(C)C)[C@@H]3[C@@H](O)[C@H]12. The van der Waals surface area contributed by atoms with Crippen LogP contribution in [0.3, 0.4) is 0 Å². The molecule has 2 saturated carbocycles. The number of likely N-dealkylation sites (N-methyl/N-ethyl adjacent to an activating group) is 1. The number of carbonyl (C=O) groups excluding carboxylic acids is 4. The summed E-state index contributed by atoms with van der Waals surface area (Å²) in [6.07, 6.45) is -3.58. The normalized spacial score (nSPS) is 40.3. The summed E-state index contributed by atoms with van der Waals surface area (Å²) in [4.78, 5) is 51.2. The number of benzene rings is 1. The number of ketones is 3. The zero-order valence-electron chi connectivity index (χ0n) is 17.7. The molecule has 0 spiro atoms. The molecule has 3 aliphatic carbocycles. The number of alkyl halides is 1. The van der Waals surface area contributed by atoms with Gasteiger partial charge in [-0.05, 0) is 31.3 Å². The quantitative estimate of drug-likeness (QED) is 0.249. The number of carbonyl (C=O) groups is 4. The van der Waals surface area contributed by atoms with Crippen molar-refractivity contribution in [2.45, 2.75) is 28.7 Å². The van der Waals surface area contributed by atoms with E-state index in [1.165, 1.54) is 37.2 Å². The number of aliphatic hydroxyl groups excluding tert-OH is 2. The molecule has 1 amide bonds. The maximum atomic E-state index is 13.8. The van der Waals surface area contributed by atoms with Crippen molar-refractivity contribution in [2.24, 2.45) is 23.5 Å². The van der Waals surface area contributed by atoms with Gasteiger partial charge < -0.3 is 31.1 Å². The van der Waals surface area contributed by atoms with Crippen molar-refractivity contribution >= 4 is 40.4 Å². The molecule has 0 bridgehead atoms. The minimum Gasteiger partial charge on any atom is -0.507 e. The number of nitrogens with zero attached hydrogens (tertiary/aromatic N) is 1. The molecule has 0 heterocycles. The van der Waals surface area contributed by atoms with E-state index in [9.17, 15) is 39.6 Å². The summed E-state index contributed by atoms with van der Waals surface area (Å²) in [6.45, 7) is 3.88. The third-order valence-corrected chi connectivity index (χ3v) is 7.82. The van der Waals surface area contributed by atoms with Crippen LogP contribution in [0.2, 0.25) is 0 Å². The van der Waals surface area contributed by atoms with Gasteiger partial charge in [-0.15, -0.1) is 11.6 Å². The van der Waals surface area contributed by atoms with E-state index in [1.807, 2.05) is 0 Å². The highest BCUT2D eigenvalue weighted by Crippen LogP contribution is 2.58. The Bertz CT molecular complexity index is 1140. The van der Waals surface area contributed by atoms with Crippen molar-refractivity contribution < 1.29 is 39.6 Å². The second-order valence-corrected chi connectivity index (χ2v) is 9.64. The van der Waals surface area contributed by atoms with Crippen LogP contribution in [0.25, 0.3) is 5.57 Å². The first kappa shape index (κ1) is 23.5. The van der Waals surface area contributed by atoms with E-state index in [0.717, 1.165) is 0 Å². The second-order valence-electron chi connectivity index (χ2n) is 9.04. The summed E-state index contributed by atoms with van der Waals surface area (Å²) < 4.78 is 0. The van der Waals surface area contributed by atoms with Gasteiger partial charge in [-0.3, -0.25) is 19.2 Å². The largest absolute Gasteiger partial charge is 0.507 e. The molecule has 0 aliphatic heterocycles. The molecule has 6 N–H and O–H groups in total. The van der Waals surface area contributed by atoms with Crippen LogP contribution in [0.5, 0.6) is 5.75 Å². The minimum atomic E-state index is -3.12. The molecule has 33 heavy (non-hydrogen) atoms. The van der Waals surface area contributed by atoms with Gasteiger partial charge in [0.1, 0.15) is 11.7 Å². The van der Waals surface area contributed by atoms with E-state index in [0.29, 0.717) is 0 Å². The fraction of sp³-hybridized carbons (Fsp3) is 0.455. The molecule has 0 aromatic heterocycles. The van der Waals surface area contributed by atoms with Gasteiger partial charge in [0.05, 0.1) is 17.8 Å². The zero-order valence-corrected chi connectivity index (χ0v) is 18.5. The van der Waals surface area contributed by atoms with Crippen LogP contribution in [-0.4, -0.2) is 91.4 Å². The second kappa shape index (κ2) is 7.18. The van der Waals surface area contributed by atoms with E-state index in [2.05, 4.69) is 6.58 Å². The number of aliphatic hydroxyl groups is 3. The molecule has 8 atom stereocenters. The fourth-order valence-corrected chi connectivity index (χ4v) is 6.30. The van der Waals surface area contributed by atoms with Crippen LogP contribution >= 0.6 is 11.6 Å². The zero-order chi connectivity index (χ0) is 24.8. The molecular formula is C22H23ClN2O8. The topological polar surface area (TPSA) is 178 Å². The number of phenols is 1. The van der Waals surface area contributed by atoms with Gasteiger partial charge in [0, 0.05) is 17.9 Å². The van der Waals surface area contributed by atoms with Crippen LogP contribution in [-0.2, 0) is 14.4 Å². The Morgan fingerprint density at radius 3 is 2.33 bits per heavy atom. The Morgan fingerprint density at radius 2 is 1.79 bits per heavy atom. The highest BCUT2D eigenvalue weighted by molar-refractivity contribution is 6.54. The first-order chi connectivity index (χ1) is 15.2. The van der Waals surface area contributed by atoms with Gasteiger partial charge in [-0.1, -0.05) is 18.7 Å². The summed E-state index contributed by atoms with van der Waals surface area (Å²) in [6, 6.07) is 2.80. The van der Waals surface area contributed by atoms with Gasteiger partial charge in [0.2, 0.25) is 11.7 Å². The summed E-state index contributed by atoms with van der Waals surface area (Å²) >= 11 is 6.60. The molecule has 1 aromatic rings. The Labute approximate surface area is 193 Å². The number of aromatic hydroxyl groups is 1. The van der Waals surface area contributed by atoms with Gasteiger partial charge in [0.15, 0.2) is 22.0 Å². The molecule has 3 unspecified atom stereocenters. The average molecular weight is 479 g/mol. The third kappa shape index (κ3) is 2.64. The van der Waals surface area contributed by atoms with E-state index < -0.39 is 75.5 Å². The number of phenolic OH excluding ortho intramolecular Hbond substituents is 1. The van der Waals surface area contributed by atoms with Crippen LogP contribution in [0, 0.1) is 17.8 Å². The van der Waals surface area contributed by atoms with Crippen molar-refractivity contribution in [3.8, 4) is 5.75 Å². The van der Waals surface area contributed by atoms with Gasteiger partial charge in [0.25, 0.3) is 0 Å². The minimum absolute atomic E-state index is 0.0369. The van der Waals surface area contributed by atoms with Crippen molar-refractivity contribution in [1.82, 2.24) is 4.90 Å². The number of primary amides is 1. The van der Waals surface area contributed by atoms with Crippen LogP contribution in [0.15, 0.2) is 24.8 Å². The molecule has 4 rings (SSSR count). The van der Waals surface area contributed by atoms with E-state index in [-0.39, 0.29) is 16.7 Å².